The van der Waals surface area contributed by atoms with E-state index in [4.69, 9.17) is 11.0 Å². The molecule has 0 radical (unpaired) electrons. The standard InChI is InChI=1S/C12H11N3O2/c1-8-4-2-3-5-9(8)6-10(7-13)11(16)15-12(14)17/h2-6H,1H3,(H3,14,15,16,17)/b10-6-. The van der Waals surface area contributed by atoms with Crippen molar-refractivity contribution in [2.45, 2.75) is 6.92 Å². The Morgan fingerprint density at radius 2 is 2.06 bits per heavy atom. The van der Waals surface area contributed by atoms with Gasteiger partial charge in [-0.1, -0.05) is 24.3 Å². The van der Waals surface area contributed by atoms with E-state index in [1.807, 2.05) is 24.4 Å². The molecule has 0 fully saturated rings. The maximum absolute atomic E-state index is 11.4. The molecule has 0 aliphatic rings. The Bertz CT molecular complexity index is 527. The number of hydrogen-bond donors (Lipinski definition) is 2. The summed E-state index contributed by atoms with van der Waals surface area (Å²) < 4.78 is 0. The second kappa shape index (κ2) is 5.47. The van der Waals surface area contributed by atoms with Crippen LogP contribution in [0.15, 0.2) is 29.8 Å². The number of nitrogens with one attached hydrogen (secondary N) is 1. The van der Waals surface area contributed by atoms with E-state index >= 15 is 0 Å². The lowest BCUT2D eigenvalue weighted by molar-refractivity contribution is -0.115. The SMILES string of the molecule is Cc1ccccc1/C=C(/C#N)C(=O)NC(N)=O. The van der Waals surface area contributed by atoms with Gasteiger partial charge in [0.25, 0.3) is 5.91 Å². The summed E-state index contributed by atoms with van der Waals surface area (Å²) in [6, 6.07) is 8.00. The Hall–Kier alpha value is -2.61. The van der Waals surface area contributed by atoms with Crippen molar-refractivity contribution < 1.29 is 9.59 Å². The number of carbonyl (C=O) groups excluding carboxylic acids is 2. The van der Waals surface area contributed by atoms with Gasteiger partial charge < -0.3 is 5.73 Å². The van der Waals surface area contributed by atoms with Crippen molar-refractivity contribution in [1.82, 2.24) is 5.32 Å². The van der Waals surface area contributed by atoms with Crippen LogP contribution in [0.2, 0.25) is 0 Å². The highest BCUT2D eigenvalue weighted by molar-refractivity contribution is 6.08. The Balaban J connectivity index is 3.04. The number of aryl methyl sites for hydroxylation is 1. The van der Waals surface area contributed by atoms with E-state index in [9.17, 15) is 9.59 Å². The summed E-state index contributed by atoms with van der Waals surface area (Å²) in [6.45, 7) is 1.85. The van der Waals surface area contributed by atoms with Crippen LogP contribution in [-0.2, 0) is 4.79 Å². The number of nitrogens with two attached hydrogens (primary N) is 1. The van der Waals surface area contributed by atoms with Crippen molar-refractivity contribution >= 4 is 18.0 Å². The van der Waals surface area contributed by atoms with E-state index in [2.05, 4.69) is 0 Å². The summed E-state index contributed by atoms with van der Waals surface area (Å²) >= 11 is 0. The molecule has 1 aromatic rings. The number of urea groups is 1. The molecule has 0 spiro atoms. The zero-order valence-electron chi connectivity index (χ0n) is 9.23. The van der Waals surface area contributed by atoms with Gasteiger partial charge in [0.05, 0.1) is 0 Å². The number of nitriles is 1. The van der Waals surface area contributed by atoms with E-state index < -0.39 is 11.9 Å². The topological polar surface area (TPSA) is 96.0 Å². The molecule has 86 valence electrons. The molecule has 5 heteroatoms. The quantitative estimate of drug-likeness (QED) is 0.587. The lowest BCUT2D eigenvalue weighted by Gasteiger charge is -2.01. The first-order chi connectivity index (χ1) is 8.04. The Kier molecular flexibility index (Phi) is 4.01. The Labute approximate surface area is 98.5 Å². The molecule has 1 aromatic carbocycles. The van der Waals surface area contributed by atoms with Gasteiger partial charge in [0.2, 0.25) is 0 Å². The van der Waals surface area contributed by atoms with Gasteiger partial charge in [-0.15, -0.1) is 0 Å². The molecule has 0 unspecified atom stereocenters. The van der Waals surface area contributed by atoms with Gasteiger partial charge in [0, 0.05) is 0 Å². The summed E-state index contributed by atoms with van der Waals surface area (Å²) in [5.41, 5.74) is 6.30. The van der Waals surface area contributed by atoms with Gasteiger partial charge in [-0.2, -0.15) is 5.26 Å². The zero-order chi connectivity index (χ0) is 12.8. The fourth-order valence-electron chi connectivity index (χ4n) is 1.23. The molecule has 0 aromatic heterocycles. The minimum absolute atomic E-state index is 0.168. The second-order valence-electron chi connectivity index (χ2n) is 3.34. The molecular formula is C12H11N3O2. The first-order valence-electron chi connectivity index (χ1n) is 4.83. The smallest absolute Gasteiger partial charge is 0.319 e. The predicted molar refractivity (Wildman–Crippen MR) is 62.5 cm³/mol. The van der Waals surface area contributed by atoms with Crippen LogP contribution in [-0.4, -0.2) is 11.9 Å². The van der Waals surface area contributed by atoms with Gasteiger partial charge in [0.1, 0.15) is 11.6 Å². The third kappa shape index (κ3) is 3.47. The van der Waals surface area contributed by atoms with Gasteiger partial charge in [-0.3, -0.25) is 10.1 Å². The summed E-state index contributed by atoms with van der Waals surface area (Å²) in [5.74, 6) is -0.803. The van der Waals surface area contributed by atoms with Crippen LogP contribution in [0, 0.1) is 18.3 Å². The largest absolute Gasteiger partial charge is 0.351 e. The van der Waals surface area contributed by atoms with Crippen molar-refractivity contribution in [1.29, 1.82) is 5.26 Å². The minimum atomic E-state index is -0.985. The van der Waals surface area contributed by atoms with Crippen LogP contribution >= 0.6 is 0 Å². The first kappa shape index (κ1) is 12.5. The number of carbonyl (C=O) groups is 2. The van der Waals surface area contributed by atoms with Crippen LogP contribution < -0.4 is 11.1 Å². The monoisotopic (exact) mass is 229 g/mol. The third-order valence-electron chi connectivity index (χ3n) is 2.09. The van der Waals surface area contributed by atoms with Crippen LogP contribution in [0.1, 0.15) is 11.1 Å². The van der Waals surface area contributed by atoms with Crippen molar-refractivity contribution in [3.8, 4) is 6.07 Å². The summed E-state index contributed by atoms with van der Waals surface area (Å²) in [7, 11) is 0. The fourth-order valence-corrected chi connectivity index (χ4v) is 1.23. The average molecular weight is 229 g/mol. The molecule has 3 amide bonds. The normalized spacial score (nSPS) is 10.5. The number of rotatable bonds is 2. The van der Waals surface area contributed by atoms with E-state index in [0.717, 1.165) is 11.1 Å². The van der Waals surface area contributed by atoms with Crippen LogP contribution in [0.3, 0.4) is 0 Å². The number of hydrogen-bond acceptors (Lipinski definition) is 3. The van der Waals surface area contributed by atoms with Gasteiger partial charge in [-0.25, -0.2) is 4.79 Å². The molecular weight excluding hydrogens is 218 g/mol. The predicted octanol–water partition coefficient (Wildman–Crippen LogP) is 1.10. The lowest BCUT2D eigenvalue weighted by Crippen LogP contribution is -2.35. The first-order valence-corrected chi connectivity index (χ1v) is 4.83. The van der Waals surface area contributed by atoms with Crippen LogP contribution in [0.4, 0.5) is 4.79 Å². The molecule has 5 nitrogen and oxygen atoms in total. The van der Waals surface area contributed by atoms with Gasteiger partial charge >= 0.3 is 6.03 Å². The molecule has 0 bridgehead atoms. The summed E-state index contributed by atoms with van der Waals surface area (Å²) in [5, 5.41) is 10.7. The summed E-state index contributed by atoms with van der Waals surface area (Å²) in [6.07, 6.45) is 1.41. The minimum Gasteiger partial charge on any atom is -0.351 e. The van der Waals surface area contributed by atoms with E-state index in [0.29, 0.717) is 0 Å². The molecule has 0 aliphatic heterocycles. The third-order valence-corrected chi connectivity index (χ3v) is 2.09. The molecule has 3 N–H and O–H groups in total. The van der Waals surface area contributed by atoms with Gasteiger partial charge in [0.15, 0.2) is 0 Å². The van der Waals surface area contributed by atoms with E-state index in [1.54, 1.807) is 18.2 Å². The van der Waals surface area contributed by atoms with Crippen molar-refractivity contribution in [3.05, 3.63) is 41.0 Å². The average Bonchev–Trinajstić information content (AvgIpc) is 2.27. The van der Waals surface area contributed by atoms with Crippen molar-refractivity contribution in [2.24, 2.45) is 5.73 Å². The lowest BCUT2D eigenvalue weighted by atomic mass is 10.1. The van der Waals surface area contributed by atoms with Crippen molar-refractivity contribution in [2.75, 3.05) is 0 Å². The fraction of sp³-hybridized carbons (Fsp3) is 0.0833. The highest BCUT2D eigenvalue weighted by Crippen LogP contribution is 2.11. The molecule has 0 heterocycles. The highest BCUT2D eigenvalue weighted by Gasteiger charge is 2.11. The molecule has 17 heavy (non-hydrogen) atoms. The molecule has 0 saturated carbocycles. The second-order valence-corrected chi connectivity index (χ2v) is 3.34. The number of nitrogens with zero attached hydrogens (tertiary/aromatic N) is 1. The highest BCUT2D eigenvalue weighted by atomic mass is 16.2. The van der Waals surface area contributed by atoms with E-state index in [1.165, 1.54) is 6.08 Å². The Morgan fingerprint density at radius 3 is 2.59 bits per heavy atom. The van der Waals surface area contributed by atoms with Crippen molar-refractivity contribution in [3.63, 3.8) is 0 Å². The van der Waals surface area contributed by atoms with Crippen LogP contribution in [0.25, 0.3) is 6.08 Å². The number of amides is 3. The molecule has 0 atom stereocenters. The molecule has 0 aliphatic carbocycles. The van der Waals surface area contributed by atoms with Crippen LogP contribution in [0.5, 0.6) is 0 Å². The zero-order valence-corrected chi connectivity index (χ0v) is 9.23. The maximum atomic E-state index is 11.4. The maximum Gasteiger partial charge on any atom is 0.319 e. The number of primary amides is 1. The number of benzene rings is 1. The molecule has 0 saturated heterocycles. The van der Waals surface area contributed by atoms with Gasteiger partial charge in [-0.05, 0) is 24.1 Å². The molecule has 1 rings (SSSR count). The van der Waals surface area contributed by atoms with E-state index in [-0.39, 0.29) is 5.57 Å². The summed E-state index contributed by atoms with van der Waals surface area (Å²) in [4.78, 5) is 21.9. The Morgan fingerprint density at radius 1 is 1.41 bits per heavy atom. The number of imide groups is 1.